The molecule has 3 heterocycles. The van der Waals surface area contributed by atoms with Crippen molar-refractivity contribution in [2.24, 2.45) is 0 Å². The topological polar surface area (TPSA) is 28.7 Å². The third-order valence-corrected chi connectivity index (χ3v) is 7.26. The van der Waals surface area contributed by atoms with Crippen LogP contribution in [0.2, 0.25) is 0 Å². The van der Waals surface area contributed by atoms with E-state index in [1.54, 1.807) is 0 Å². The van der Waals surface area contributed by atoms with Gasteiger partial charge < -0.3 is 4.98 Å². The number of para-hydroxylation sites is 2. The van der Waals surface area contributed by atoms with Crippen molar-refractivity contribution in [3.8, 4) is 11.3 Å². The van der Waals surface area contributed by atoms with Crippen LogP contribution in [-0.2, 0) is 0 Å². The van der Waals surface area contributed by atoms with E-state index < -0.39 is 0 Å². The standard InChI is InChI=1S/C27H16N2S/c1-2-10-17-16(8-1)9-7-13-18(17)24-23-25-27(20-12-4-6-15-22(20)29-25)30-26(23)19-11-3-5-14-21(19)28-24/h1-15,29H. The number of hydrogen-bond donors (Lipinski definition) is 1. The van der Waals surface area contributed by atoms with Crippen molar-refractivity contribution in [2.75, 3.05) is 0 Å². The molecule has 0 radical (unpaired) electrons. The molecule has 3 aromatic heterocycles. The number of thiophene rings is 1. The van der Waals surface area contributed by atoms with Crippen molar-refractivity contribution in [3.63, 3.8) is 0 Å². The molecule has 0 saturated carbocycles. The third-order valence-electron chi connectivity index (χ3n) is 6.00. The number of fused-ring (bicyclic) bond motifs is 8. The molecule has 0 spiro atoms. The average molecular weight is 401 g/mol. The summed E-state index contributed by atoms with van der Waals surface area (Å²) < 4.78 is 2.61. The zero-order valence-corrected chi connectivity index (χ0v) is 16.8. The van der Waals surface area contributed by atoms with Crippen molar-refractivity contribution in [3.05, 3.63) is 91.0 Å². The highest BCUT2D eigenvalue weighted by molar-refractivity contribution is 7.27. The first-order valence-corrected chi connectivity index (χ1v) is 10.9. The van der Waals surface area contributed by atoms with Crippen molar-refractivity contribution >= 4 is 64.2 Å². The number of aromatic amines is 1. The van der Waals surface area contributed by atoms with Gasteiger partial charge in [0.2, 0.25) is 0 Å². The lowest BCUT2D eigenvalue weighted by atomic mass is 9.98. The van der Waals surface area contributed by atoms with Gasteiger partial charge in [-0.05, 0) is 22.9 Å². The van der Waals surface area contributed by atoms with Gasteiger partial charge in [0.1, 0.15) is 0 Å². The number of hydrogen-bond acceptors (Lipinski definition) is 2. The van der Waals surface area contributed by atoms with Crippen LogP contribution >= 0.6 is 11.3 Å². The maximum absolute atomic E-state index is 5.20. The van der Waals surface area contributed by atoms with Crippen molar-refractivity contribution in [1.29, 1.82) is 0 Å². The first-order chi connectivity index (χ1) is 14.9. The summed E-state index contributed by atoms with van der Waals surface area (Å²) in [6.45, 7) is 0. The minimum absolute atomic E-state index is 1.04. The maximum Gasteiger partial charge on any atom is 0.0824 e. The number of pyridine rings is 1. The van der Waals surface area contributed by atoms with Gasteiger partial charge in [-0.1, -0.05) is 78.9 Å². The SMILES string of the molecule is c1ccc2c(-c3nc4ccccc4c4sc5c6ccccc6[nH]c5c34)cccc2c1. The van der Waals surface area contributed by atoms with Crippen molar-refractivity contribution in [1.82, 2.24) is 9.97 Å². The molecule has 7 aromatic rings. The Kier molecular flexibility index (Phi) is 3.18. The van der Waals surface area contributed by atoms with Gasteiger partial charge in [0.25, 0.3) is 0 Å². The Balaban J connectivity index is 1.74. The smallest absolute Gasteiger partial charge is 0.0824 e. The minimum atomic E-state index is 1.04. The lowest BCUT2D eigenvalue weighted by molar-refractivity contribution is 1.44. The molecule has 2 nitrogen and oxygen atoms in total. The number of nitrogens with one attached hydrogen (secondary N) is 1. The second-order valence-electron chi connectivity index (χ2n) is 7.69. The highest BCUT2D eigenvalue weighted by Crippen LogP contribution is 2.45. The van der Waals surface area contributed by atoms with Gasteiger partial charge in [0.05, 0.1) is 21.4 Å². The van der Waals surface area contributed by atoms with Crippen LogP contribution in [0.3, 0.4) is 0 Å². The Labute approximate surface area is 176 Å². The Hall–Kier alpha value is -3.69. The van der Waals surface area contributed by atoms with Crippen LogP contribution in [0.5, 0.6) is 0 Å². The largest absolute Gasteiger partial charge is 0.353 e. The van der Waals surface area contributed by atoms with E-state index in [-0.39, 0.29) is 0 Å². The second-order valence-corrected chi connectivity index (χ2v) is 8.71. The maximum atomic E-state index is 5.20. The summed E-state index contributed by atoms with van der Waals surface area (Å²) in [7, 11) is 0. The van der Waals surface area contributed by atoms with E-state index in [0.29, 0.717) is 0 Å². The van der Waals surface area contributed by atoms with E-state index in [4.69, 9.17) is 4.98 Å². The molecule has 0 fully saturated rings. The first-order valence-electron chi connectivity index (χ1n) is 10.1. The molecule has 0 amide bonds. The lowest BCUT2D eigenvalue weighted by Crippen LogP contribution is -1.89. The molecule has 4 aromatic carbocycles. The van der Waals surface area contributed by atoms with Gasteiger partial charge in [-0.2, -0.15) is 0 Å². The quantitative estimate of drug-likeness (QED) is 0.298. The minimum Gasteiger partial charge on any atom is -0.353 e. The molecular formula is C27H16N2S. The molecule has 0 aliphatic heterocycles. The Morgan fingerprint density at radius 3 is 2.30 bits per heavy atom. The molecule has 0 unspecified atom stereocenters. The summed E-state index contributed by atoms with van der Waals surface area (Å²) in [6.07, 6.45) is 0. The van der Waals surface area contributed by atoms with Gasteiger partial charge in [0.15, 0.2) is 0 Å². The normalized spacial score (nSPS) is 12.0. The summed E-state index contributed by atoms with van der Waals surface area (Å²) >= 11 is 1.87. The summed E-state index contributed by atoms with van der Waals surface area (Å²) in [5, 5.41) is 6.19. The van der Waals surface area contributed by atoms with Crippen molar-refractivity contribution < 1.29 is 0 Å². The summed E-state index contributed by atoms with van der Waals surface area (Å²) in [4.78, 5) is 8.90. The van der Waals surface area contributed by atoms with Crippen LogP contribution in [0.15, 0.2) is 91.0 Å². The molecule has 3 heteroatoms. The molecule has 30 heavy (non-hydrogen) atoms. The van der Waals surface area contributed by atoms with Crippen LogP contribution in [0.25, 0.3) is 64.1 Å². The van der Waals surface area contributed by atoms with Crippen LogP contribution < -0.4 is 0 Å². The first kappa shape index (κ1) is 16.1. The molecule has 7 rings (SSSR count). The Morgan fingerprint density at radius 1 is 0.633 bits per heavy atom. The Bertz CT molecular complexity index is 1750. The predicted molar refractivity (Wildman–Crippen MR) is 129 cm³/mol. The van der Waals surface area contributed by atoms with Crippen LogP contribution in [0.1, 0.15) is 0 Å². The zero-order chi connectivity index (χ0) is 19.7. The van der Waals surface area contributed by atoms with Crippen LogP contribution in [-0.4, -0.2) is 9.97 Å². The van der Waals surface area contributed by atoms with E-state index in [1.165, 1.54) is 52.9 Å². The molecule has 0 aliphatic rings. The number of H-pyrrole nitrogens is 1. The average Bonchev–Trinajstić information content (AvgIpc) is 3.35. The number of benzene rings is 4. The fourth-order valence-corrected chi connectivity index (χ4v) is 5.98. The Morgan fingerprint density at radius 2 is 1.37 bits per heavy atom. The fourth-order valence-electron chi connectivity index (χ4n) is 4.65. The summed E-state index contributed by atoms with van der Waals surface area (Å²) in [5.74, 6) is 0. The van der Waals surface area contributed by atoms with E-state index in [1.807, 2.05) is 11.3 Å². The van der Waals surface area contributed by atoms with Gasteiger partial charge in [-0.25, -0.2) is 4.98 Å². The summed E-state index contributed by atoms with van der Waals surface area (Å²) in [6, 6.07) is 32.1. The van der Waals surface area contributed by atoms with Crippen LogP contribution in [0, 0.1) is 0 Å². The molecule has 0 bridgehead atoms. The zero-order valence-electron chi connectivity index (χ0n) is 16.0. The number of nitrogens with zero attached hydrogens (tertiary/aromatic N) is 1. The third kappa shape index (κ3) is 2.10. The highest BCUT2D eigenvalue weighted by atomic mass is 32.1. The van der Waals surface area contributed by atoms with E-state index in [9.17, 15) is 0 Å². The van der Waals surface area contributed by atoms with E-state index in [0.717, 1.165) is 11.2 Å². The predicted octanol–water partition coefficient (Wildman–Crippen LogP) is 7.90. The van der Waals surface area contributed by atoms with Gasteiger partial charge in [-0.3, -0.25) is 0 Å². The molecule has 1 N–H and O–H groups in total. The number of rotatable bonds is 1. The van der Waals surface area contributed by atoms with E-state index in [2.05, 4.69) is 96.0 Å². The fraction of sp³-hybridized carbons (Fsp3) is 0. The molecule has 0 saturated heterocycles. The summed E-state index contributed by atoms with van der Waals surface area (Å²) in [5.41, 5.74) is 5.65. The number of aromatic nitrogens is 2. The van der Waals surface area contributed by atoms with Gasteiger partial charge in [0, 0.05) is 31.9 Å². The van der Waals surface area contributed by atoms with Crippen molar-refractivity contribution in [2.45, 2.75) is 0 Å². The highest BCUT2D eigenvalue weighted by Gasteiger charge is 2.19. The van der Waals surface area contributed by atoms with E-state index >= 15 is 0 Å². The lowest BCUT2D eigenvalue weighted by Gasteiger charge is -2.10. The monoisotopic (exact) mass is 400 g/mol. The van der Waals surface area contributed by atoms with Gasteiger partial charge >= 0.3 is 0 Å². The molecule has 0 atom stereocenters. The molecule has 0 aliphatic carbocycles. The van der Waals surface area contributed by atoms with Gasteiger partial charge in [-0.15, -0.1) is 11.3 Å². The molecule has 140 valence electrons. The van der Waals surface area contributed by atoms with Crippen LogP contribution in [0.4, 0.5) is 0 Å². The second kappa shape index (κ2) is 5.91. The molecular weight excluding hydrogens is 384 g/mol.